The lowest BCUT2D eigenvalue weighted by Crippen LogP contribution is -2.48. The lowest BCUT2D eigenvalue weighted by molar-refractivity contribution is -0.144. The molecule has 0 aromatic rings. The summed E-state index contributed by atoms with van der Waals surface area (Å²) < 4.78 is 4.62. The molecule has 6 heteroatoms. The van der Waals surface area contributed by atoms with Gasteiger partial charge in [0.15, 0.2) is 0 Å². The molecule has 6 nitrogen and oxygen atoms in total. The number of ketones is 1. The molecule has 0 bridgehead atoms. The number of Topliss-reactive ketones (excluding diaryl/α,β-unsaturated/α-hetero) is 1. The minimum atomic E-state index is -1.10. The maximum Gasteiger partial charge on any atom is 0.326 e. The Morgan fingerprint density at radius 3 is 2.82 bits per heavy atom. The van der Waals surface area contributed by atoms with E-state index in [0.29, 0.717) is 19.3 Å². The molecule has 0 radical (unpaired) electrons. The fourth-order valence-electron chi connectivity index (χ4n) is 2.07. The van der Waals surface area contributed by atoms with Crippen molar-refractivity contribution in [1.29, 1.82) is 0 Å². The van der Waals surface area contributed by atoms with Gasteiger partial charge in [-0.2, -0.15) is 0 Å². The molecule has 1 amide bonds. The topological polar surface area (TPSA) is 92.7 Å². The summed E-state index contributed by atoms with van der Waals surface area (Å²) >= 11 is 0. The normalized spacial score (nSPS) is 21.9. The van der Waals surface area contributed by atoms with E-state index in [0.717, 1.165) is 0 Å². The summed E-state index contributed by atoms with van der Waals surface area (Å²) in [6.45, 7) is -0.176. The van der Waals surface area contributed by atoms with Gasteiger partial charge in [-0.05, 0) is 18.8 Å². The van der Waals surface area contributed by atoms with Crippen molar-refractivity contribution in [1.82, 2.24) is 5.32 Å². The van der Waals surface area contributed by atoms with Crippen molar-refractivity contribution in [2.24, 2.45) is 5.92 Å². The Bertz CT molecular complexity index is 315. The van der Waals surface area contributed by atoms with E-state index in [4.69, 9.17) is 5.11 Å². The van der Waals surface area contributed by atoms with Crippen LogP contribution in [0.1, 0.15) is 25.7 Å². The van der Waals surface area contributed by atoms with E-state index in [1.54, 1.807) is 0 Å². The van der Waals surface area contributed by atoms with Gasteiger partial charge in [-0.25, -0.2) is 4.79 Å². The first-order valence-corrected chi connectivity index (χ1v) is 5.57. The third-order valence-corrected chi connectivity index (χ3v) is 2.85. The van der Waals surface area contributed by atoms with Gasteiger partial charge in [0.2, 0.25) is 5.91 Å². The van der Waals surface area contributed by atoms with Crippen LogP contribution in [0.3, 0.4) is 0 Å². The average Bonchev–Trinajstić information content (AvgIpc) is 2.26. The molecule has 0 unspecified atom stereocenters. The van der Waals surface area contributed by atoms with Gasteiger partial charge in [0.25, 0.3) is 0 Å². The number of carbonyl (C=O) groups excluding carboxylic acids is 2. The lowest BCUT2D eigenvalue weighted by atomic mass is 9.83. The zero-order valence-corrected chi connectivity index (χ0v) is 9.77. The number of nitrogens with one attached hydrogen (secondary N) is 1. The average molecular weight is 243 g/mol. The SMILES string of the molecule is COCC(=O)N[C@@H](C(=O)O)[C@H]1CCCC(=O)C1. The van der Waals surface area contributed by atoms with E-state index in [1.807, 2.05) is 0 Å². The van der Waals surface area contributed by atoms with Gasteiger partial charge in [0.05, 0.1) is 0 Å². The molecule has 1 aliphatic rings. The minimum absolute atomic E-state index is 0.0634. The third kappa shape index (κ3) is 4.14. The molecule has 2 atom stereocenters. The molecule has 0 aromatic heterocycles. The second kappa shape index (κ2) is 6.34. The van der Waals surface area contributed by atoms with Crippen molar-refractivity contribution >= 4 is 17.7 Å². The Hall–Kier alpha value is -1.43. The van der Waals surface area contributed by atoms with Gasteiger partial charge in [-0.15, -0.1) is 0 Å². The summed E-state index contributed by atoms with van der Waals surface area (Å²) in [6.07, 6.45) is 2.07. The number of methoxy groups -OCH3 is 1. The number of carboxylic acid groups (broad SMARTS) is 1. The maximum atomic E-state index is 11.3. The minimum Gasteiger partial charge on any atom is -0.480 e. The largest absolute Gasteiger partial charge is 0.480 e. The van der Waals surface area contributed by atoms with Gasteiger partial charge < -0.3 is 15.2 Å². The molecule has 0 spiro atoms. The molecule has 2 N–H and O–H groups in total. The van der Waals surface area contributed by atoms with E-state index in [9.17, 15) is 14.4 Å². The van der Waals surface area contributed by atoms with Crippen LogP contribution < -0.4 is 5.32 Å². The van der Waals surface area contributed by atoms with E-state index < -0.39 is 17.9 Å². The second-order valence-electron chi connectivity index (χ2n) is 4.21. The maximum absolute atomic E-state index is 11.3. The van der Waals surface area contributed by atoms with Crippen LogP contribution in [0.2, 0.25) is 0 Å². The van der Waals surface area contributed by atoms with Crippen molar-refractivity contribution in [2.45, 2.75) is 31.7 Å². The van der Waals surface area contributed by atoms with Crippen molar-refractivity contribution in [3.8, 4) is 0 Å². The Balaban J connectivity index is 2.61. The Kier molecular flexibility index (Phi) is 5.09. The summed E-state index contributed by atoms with van der Waals surface area (Å²) in [5, 5.41) is 11.5. The highest BCUT2D eigenvalue weighted by Gasteiger charge is 2.33. The number of hydrogen-bond donors (Lipinski definition) is 2. The fourth-order valence-corrected chi connectivity index (χ4v) is 2.07. The van der Waals surface area contributed by atoms with Crippen LogP contribution in [0.5, 0.6) is 0 Å². The third-order valence-electron chi connectivity index (χ3n) is 2.85. The summed E-state index contributed by atoms with van der Waals surface area (Å²) in [4.78, 5) is 33.7. The van der Waals surface area contributed by atoms with Crippen LogP contribution in [-0.4, -0.2) is 42.5 Å². The highest BCUT2D eigenvalue weighted by molar-refractivity contribution is 5.86. The fraction of sp³-hybridized carbons (Fsp3) is 0.727. The van der Waals surface area contributed by atoms with Gasteiger partial charge in [-0.3, -0.25) is 9.59 Å². The molecule has 1 saturated carbocycles. The predicted molar refractivity (Wildman–Crippen MR) is 58.4 cm³/mol. The van der Waals surface area contributed by atoms with Crippen molar-refractivity contribution < 1.29 is 24.2 Å². The molecule has 0 aliphatic heterocycles. The zero-order chi connectivity index (χ0) is 12.8. The predicted octanol–water partition coefficient (Wildman–Crippen LogP) is -0.0385. The van der Waals surface area contributed by atoms with Crippen LogP contribution >= 0.6 is 0 Å². The standard InChI is InChI=1S/C11H17NO5/c1-17-6-9(14)12-10(11(15)16)7-3-2-4-8(13)5-7/h7,10H,2-6H2,1H3,(H,12,14)(H,15,16)/t7-,10+/m0/s1. The van der Waals surface area contributed by atoms with Crippen LogP contribution in [-0.2, 0) is 19.1 Å². The Morgan fingerprint density at radius 2 is 2.29 bits per heavy atom. The second-order valence-corrected chi connectivity index (χ2v) is 4.21. The molecule has 1 rings (SSSR count). The Labute approximate surface area is 99.3 Å². The summed E-state index contributed by atoms with van der Waals surface area (Å²) in [5.41, 5.74) is 0. The number of rotatable bonds is 5. The first-order chi connectivity index (χ1) is 8.04. The summed E-state index contributed by atoms with van der Waals surface area (Å²) in [5.74, 6) is -1.82. The number of amides is 1. The molecular formula is C11H17NO5. The van der Waals surface area contributed by atoms with Crippen LogP contribution in [0.25, 0.3) is 0 Å². The Morgan fingerprint density at radius 1 is 1.59 bits per heavy atom. The molecule has 0 heterocycles. The highest BCUT2D eigenvalue weighted by atomic mass is 16.5. The number of carboxylic acids is 1. The molecule has 0 saturated heterocycles. The molecule has 1 aliphatic carbocycles. The van der Waals surface area contributed by atoms with Crippen molar-refractivity contribution in [3.63, 3.8) is 0 Å². The number of aliphatic carboxylic acids is 1. The van der Waals surface area contributed by atoms with Gasteiger partial charge in [-0.1, -0.05) is 0 Å². The summed E-state index contributed by atoms with van der Waals surface area (Å²) in [6, 6.07) is -0.998. The smallest absolute Gasteiger partial charge is 0.326 e. The van der Waals surface area contributed by atoms with E-state index in [2.05, 4.69) is 10.1 Å². The van der Waals surface area contributed by atoms with E-state index in [-0.39, 0.29) is 24.7 Å². The van der Waals surface area contributed by atoms with Gasteiger partial charge in [0, 0.05) is 20.0 Å². The first-order valence-electron chi connectivity index (χ1n) is 5.57. The van der Waals surface area contributed by atoms with Crippen LogP contribution in [0.4, 0.5) is 0 Å². The molecule has 1 fully saturated rings. The van der Waals surface area contributed by atoms with Crippen molar-refractivity contribution in [2.75, 3.05) is 13.7 Å². The number of hydrogen-bond acceptors (Lipinski definition) is 4. The van der Waals surface area contributed by atoms with Crippen molar-refractivity contribution in [3.05, 3.63) is 0 Å². The lowest BCUT2D eigenvalue weighted by Gasteiger charge is -2.27. The van der Waals surface area contributed by atoms with Crippen LogP contribution in [0, 0.1) is 5.92 Å². The monoisotopic (exact) mass is 243 g/mol. The van der Waals surface area contributed by atoms with E-state index in [1.165, 1.54) is 7.11 Å². The van der Waals surface area contributed by atoms with E-state index >= 15 is 0 Å². The number of carbonyl (C=O) groups is 3. The quantitative estimate of drug-likeness (QED) is 0.707. The van der Waals surface area contributed by atoms with Gasteiger partial charge in [0.1, 0.15) is 18.4 Å². The number of ether oxygens (including phenoxy) is 1. The molecule has 17 heavy (non-hydrogen) atoms. The van der Waals surface area contributed by atoms with Crippen LogP contribution in [0.15, 0.2) is 0 Å². The summed E-state index contributed by atoms with van der Waals surface area (Å²) in [7, 11) is 1.36. The zero-order valence-electron chi connectivity index (χ0n) is 9.77. The molecular weight excluding hydrogens is 226 g/mol. The molecule has 0 aromatic carbocycles. The first kappa shape index (κ1) is 13.6. The van der Waals surface area contributed by atoms with Gasteiger partial charge >= 0.3 is 5.97 Å². The highest BCUT2D eigenvalue weighted by Crippen LogP contribution is 2.24. The molecule has 96 valence electrons.